The highest BCUT2D eigenvalue weighted by atomic mass is 32.2. The third kappa shape index (κ3) is 3.81. The van der Waals surface area contributed by atoms with Crippen molar-refractivity contribution < 1.29 is 8.42 Å². The van der Waals surface area contributed by atoms with Gasteiger partial charge in [0.05, 0.1) is 4.90 Å². The Morgan fingerprint density at radius 2 is 2.11 bits per heavy atom. The monoisotopic (exact) mass is 280 g/mol. The maximum atomic E-state index is 12.2. The van der Waals surface area contributed by atoms with Gasteiger partial charge in [0.15, 0.2) is 0 Å². The second-order valence-corrected chi connectivity index (χ2v) is 6.85. The normalized spacial score (nSPS) is 19.5. The number of allylic oxidation sites excluding steroid dienone is 2. The average Bonchev–Trinajstić information content (AvgIpc) is 2.37. The van der Waals surface area contributed by atoms with Crippen LogP contribution in [0.4, 0.5) is 5.69 Å². The highest BCUT2D eigenvalue weighted by molar-refractivity contribution is 7.89. The molecule has 0 bridgehead atoms. The Balaban J connectivity index is 2.07. The molecule has 19 heavy (non-hydrogen) atoms. The molecule has 0 spiro atoms. The molecule has 1 unspecified atom stereocenters. The molecule has 2 rings (SSSR count). The van der Waals surface area contributed by atoms with Crippen LogP contribution in [0, 0.1) is 12.8 Å². The third-order valence-corrected chi connectivity index (χ3v) is 4.73. The lowest BCUT2D eigenvalue weighted by molar-refractivity contribution is 0.468. The number of rotatable bonds is 4. The average molecular weight is 280 g/mol. The number of hydrogen-bond donors (Lipinski definition) is 2. The fraction of sp³-hybridized carbons (Fsp3) is 0.429. The predicted molar refractivity (Wildman–Crippen MR) is 77.3 cm³/mol. The molecule has 0 radical (unpaired) electrons. The van der Waals surface area contributed by atoms with E-state index in [9.17, 15) is 8.42 Å². The van der Waals surface area contributed by atoms with Crippen molar-refractivity contribution in [1.82, 2.24) is 4.72 Å². The Labute approximate surface area is 114 Å². The summed E-state index contributed by atoms with van der Waals surface area (Å²) >= 11 is 0. The Hall–Kier alpha value is -1.33. The molecule has 1 aliphatic rings. The zero-order chi connectivity index (χ0) is 13.9. The summed E-state index contributed by atoms with van der Waals surface area (Å²) in [6, 6.07) is 4.89. The molecule has 0 heterocycles. The van der Waals surface area contributed by atoms with Gasteiger partial charge in [-0.1, -0.05) is 12.2 Å². The van der Waals surface area contributed by atoms with Crippen LogP contribution in [0.25, 0.3) is 0 Å². The van der Waals surface area contributed by atoms with Gasteiger partial charge < -0.3 is 5.73 Å². The summed E-state index contributed by atoms with van der Waals surface area (Å²) in [4.78, 5) is 0.247. The Morgan fingerprint density at radius 1 is 1.32 bits per heavy atom. The maximum absolute atomic E-state index is 12.2. The Morgan fingerprint density at radius 3 is 2.74 bits per heavy atom. The lowest BCUT2D eigenvalue weighted by atomic mass is 9.95. The van der Waals surface area contributed by atoms with Gasteiger partial charge in [0.1, 0.15) is 0 Å². The Kier molecular flexibility index (Phi) is 4.27. The van der Waals surface area contributed by atoms with E-state index in [-0.39, 0.29) is 4.90 Å². The first-order valence-corrected chi connectivity index (χ1v) is 7.97. The molecule has 0 fully saturated rings. The zero-order valence-corrected chi connectivity index (χ0v) is 11.9. The summed E-state index contributed by atoms with van der Waals surface area (Å²) in [5.41, 5.74) is 7.01. The molecule has 1 atom stereocenters. The summed E-state index contributed by atoms with van der Waals surface area (Å²) in [5, 5.41) is 0. The minimum Gasteiger partial charge on any atom is -0.399 e. The van der Waals surface area contributed by atoms with E-state index < -0.39 is 10.0 Å². The van der Waals surface area contributed by atoms with Crippen molar-refractivity contribution in [3.05, 3.63) is 35.9 Å². The number of hydrogen-bond acceptors (Lipinski definition) is 3. The fourth-order valence-corrected chi connectivity index (χ4v) is 3.54. The van der Waals surface area contributed by atoms with Crippen molar-refractivity contribution in [2.45, 2.75) is 31.1 Å². The van der Waals surface area contributed by atoms with Crippen LogP contribution in [0.5, 0.6) is 0 Å². The molecule has 3 N–H and O–H groups in total. The highest BCUT2D eigenvalue weighted by Crippen LogP contribution is 2.19. The molecule has 1 aromatic carbocycles. The van der Waals surface area contributed by atoms with Crippen LogP contribution in [0.15, 0.2) is 35.2 Å². The van der Waals surface area contributed by atoms with Crippen LogP contribution in [0.2, 0.25) is 0 Å². The van der Waals surface area contributed by atoms with Crippen molar-refractivity contribution >= 4 is 15.7 Å². The van der Waals surface area contributed by atoms with E-state index in [0.717, 1.165) is 24.8 Å². The van der Waals surface area contributed by atoms with Crippen molar-refractivity contribution in [3.8, 4) is 0 Å². The van der Waals surface area contributed by atoms with Gasteiger partial charge in [0, 0.05) is 12.2 Å². The minimum atomic E-state index is -3.46. The number of nitrogens with one attached hydrogen (secondary N) is 1. The van der Waals surface area contributed by atoms with Gasteiger partial charge in [-0.05, 0) is 55.9 Å². The molecular formula is C14H20N2O2S. The largest absolute Gasteiger partial charge is 0.399 e. The first-order valence-electron chi connectivity index (χ1n) is 6.49. The maximum Gasteiger partial charge on any atom is 0.240 e. The van der Waals surface area contributed by atoms with Crippen LogP contribution in [-0.2, 0) is 10.0 Å². The molecule has 0 aromatic heterocycles. The molecule has 0 saturated carbocycles. The summed E-state index contributed by atoms with van der Waals surface area (Å²) in [6.07, 6.45) is 7.27. The number of benzene rings is 1. The molecule has 0 aliphatic heterocycles. The van der Waals surface area contributed by atoms with E-state index in [1.807, 2.05) is 6.92 Å². The van der Waals surface area contributed by atoms with Crippen LogP contribution >= 0.6 is 0 Å². The van der Waals surface area contributed by atoms with Crippen molar-refractivity contribution in [3.63, 3.8) is 0 Å². The van der Waals surface area contributed by atoms with Gasteiger partial charge >= 0.3 is 0 Å². The summed E-state index contributed by atoms with van der Waals surface area (Å²) in [5.74, 6) is 0.391. The van der Waals surface area contributed by atoms with Gasteiger partial charge in [-0.25, -0.2) is 13.1 Å². The first-order chi connectivity index (χ1) is 8.97. The minimum absolute atomic E-state index is 0.247. The number of sulfonamides is 1. The van der Waals surface area contributed by atoms with Crippen LogP contribution < -0.4 is 10.5 Å². The van der Waals surface area contributed by atoms with E-state index in [4.69, 9.17) is 5.73 Å². The summed E-state index contributed by atoms with van der Waals surface area (Å²) < 4.78 is 27.1. The third-order valence-electron chi connectivity index (χ3n) is 3.32. The van der Waals surface area contributed by atoms with Crippen molar-refractivity contribution in [1.29, 1.82) is 0 Å². The van der Waals surface area contributed by atoms with Gasteiger partial charge in [-0.2, -0.15) is 0 Å². The summed E-state index contributed by atoms with van der Waals surface area (Å²) in [7, 11) is -3.46. The van der Waals surface area contributed by atoms with E-state index in [1.165, 1.54) is 6.07 Å². The lowest BCUT2D eigenvalue weighted by Gasteiger charge is -2.18. The molecule has 104 valence electrons. The van der Waals surface area contributed by atoms with Crippen molar-refractivity contribution in [2.75, 3.05) is 12.3 Å². The predicted octanol–water partition coefficient (Wildman–Crippen LogP) is 2.21. The van der Waals surface area contributed by atoms with Crippen molar-refractivity contribution in [2.24, 2.45) is 5.92 Å². The topological polar surface area (TPSA) is 72.2 Å². The lowest BCUT2D eigenvalue weighted by Crippen LogP contribution is -2.30. The highest BCUT2D eigenvalue weighted by Gasteiger charge is 2.18. The zero-order valence-electron chi connectivity index (χ0n) is 11.1. The molecule has 1 aromatic rings. The molecular weight excluding hydrogens is 260 g/mol. The molecule has 1 aliphatic carbocycles. The van der Waals surface area contributed by atoms with Gasteiger partial charge in [0.2, 0.25) is 10.0 Å². The van der Waals surface area contributed by atoms with E-state index in [1.54, 1.807) is 12.1 Å². The number of nitrogens with two attached hydrogens (primary N) is 1. The smallest absolute Gasteiger partial charge is 0.240 e. The van der Waals surface area contributed by atoms with Crippen LogP contribution in [0.3, 0.4) is 0 Å². The second kappa shape index (κ2) is 5.75. The first kappa shape index (κ1) is 14.1. The fourth-order valence-electron chi connectivity index (χ4n) is 2.28. The number of nitrogen functional groups attached to an aromatic ring is 1. The quantitative estimate of drug-likeness (QED) is 0.656. The number of aryl methyl sites for hydroxylation is 1. The Bertz CT molecular complexity index is 559. The molecule has 5 heteroatoms. The second-order valence-electron chi connectivity index (χ2n) is 5.08. The molecule has 0 saturated heterocycles. The van der Waals surface area contributed by atoms with Crippen LogP contribution in [-0.4, -0.2) is 15.0 Å². The van der Waals surface area contributed by atoms with E-state index in [0.29, 0.717) is 18.2 Å². The molecule has 4 nitrogen and oxygen atoms in total. The number of anilines is 1. The summed E-state index contributed by atoms with van der Waals surface area (Å²) in [6.45, 7) is 2.32. The SMILES string of the molecule is Cc1cc(N)cc(S(=O)(=O)NCC2CC=CCC2)c1. The standard InChI is InChI=1S/C14H20N2O2S/c1-11-7-13(15)9-14(8-11)19(17,18)16-10-12-5-3-2-4-6-12/h2-3,7-9,12,16H,4-6,10,15H2,1H3. The van der Waals surface area contributed by atoms with E-state index in [2.05, 4.69) is 16.9 Å². The van der Waals surface area contributed by atoms with Gasteiger partial charge in [0.25, 0.3) is 0 Å². The van der Waals surface area contributed by atoms with E-state index >= 15 is 0 Å². The van der Waals surface area contributed by atoms with Gasteiger partial charge in [-0.15, -0.1) is 0 Å². The van der Waals surface area contributed by atoms with Crippen LogP contribution in [0.1, 0.15) is 24.8 Å². The van der Waals surface area contributed by atoms with Gasteiger partial charge in [-0.3, -0.25) is 0 Å². The molecule has 0 amide bonds.